The average molecular weight is 420 g/mol. The Labute approximate surface area is 174 Å². The van der Waals surface area contributed by atoms with E-state index >= 15 is 0 Å². The van der Waals surface area contributed by atoms with E-state index in [9.17, 15) is 13.2 Å². The molecule has 4 bridgehead atoms. The zero-order valence-electron chi connectivity index (χ0n) is 17.5. The summed E-state index contributed by atoms with van der Waals surface area (Å²) in [6.07, 6.45) is 7.72. The van der Waals surface area contributed by atoms with E-state index in [1.807, 2.05) is 13.8 Å². The van der Waals surface area contributed by atoms with Crippen LogP contribution in [0.25, 0.3) is 0 Å². The van der Waals surface area contributed by atoms with E-state index in [1.54, 1.807) is 24.3 Å². The molecule has 5 rings (SSSR count). The van der Waals surface area contributed by atoms with Gasteiger partial charge >= 0.3 is 0 Å². The number of carbonyl (C=O) groups excluding carboxylic acids is 1. The lowest BCUT2D eigenvalue weighted by Gasteiger charge is -2.57. The van der Waals surface area contributed by atoms with Crippen molar-refractivity contribution in [1.82, 2.24) is 9.62 Å². The summed E-state index contributed by atoms with van der Waals surface area (Å²) < 4.78 is 26.9. The average Bonchev–Trinajstić information content (AvgIpc) is 2.66. The molecule has 7 heteroatoms. The highest BCUT2D eigenvalue weighted by Crippen LogP contribution is 2.55. The molecule has 0 saturated heterocycles. The third-order valence-corrected chi connectivity index (χ3v) is 9.17. The zero-order chi connectivity index (χ0) is 20.6. The Morgan fingerprint density at radius 1 is 1.07 bits per heavy atom. The van der Waals surface area contributed by atoms with Gasteiger partial charge in [0, 0.05) is 24.3 Å². The van der Waals surface area contributed by atoms with Crippen molar-refractivity contribution in [3.63, 3.8) is 0 Å². The Morgan fingerprint density at radius 2 is 1.66 bits per heavy atom. The lowest BCUT2D eigenvalue weighted by atomic mass is 9.53. The molecule has 160 valence electrons. The highest BCUT2D eigenvalue weighted by molar-refractivity contribution is 7.89. The Morgan fingerprint density at radius 3 is 2.21 bits per heavy atom. The van der Waals surface area contributed by atoms with Gasteiger partial charge in [0.2, 0.25) is 15.9 Å². The molecule has 29 heavy (non-hydrogen) atoms. The molecule has 6 nitrogen and oxygen atoms in total. The van der Waals surface area contributed by atoms with Gasteiger partial charge in [-0.3, -0.25) is 4.79 Å². The Hall–Kier alpha value is -1.44. The summed E-state index contributed by atoms with van der Waals surface area (Å²) >= 11 is 0. The van der Waals surface area contributed by atoms with Crippen LogP contribution in [0.1, 0.15) is 52.4 Å². The molecule has 0 aromatic heterocycles. The number of nitrogens with one attached hydrogen (secondary N) is 2. The fraction of sp³-hybridized carbons (Fsp3) is 0.682. The highest BCUT2D eigenvalue weighted by Gasteiger charge is 2.50. The Kier molecular flexibility index (Phi) is 5.75. The Bertz CT molecular complexity index is 829. The number of sulfonamides is 1. The fourth-order valence-corrected chi connectivity index (χ4v) is 7.75. The maximum atomic E-state index is 12.7. The van der Waals surface area contributed by atoms with E-state index in [0.29, 0.717) is 18.8 Å². The molecule has 0 heterocycles. The minimum absolute atomic E-state index is 0.113. The SMILES string of the molecule is CCN(CC)S(=O)(=O)c1cccc(NC(=O)CNC23CC4CC(CC(C4)C2)C3)c1. The molecular formula is C22H33N3O3S. The molecule has 0 radical (unpaired) electrons. The van der Waals surface area contributed by atoms with E-state index in [0.717, 1.165) is 17.8 Å². The van der Waals surface area contributed by atoms with Gasteiger partial charge in [0.1, 0.15) is 0 Å². The Balaban J connectivity index is 1.38. The summed E-state index contributed by atoms with van der Waals surface area (Å²) in [5, 5.41) is 6.47. The van der Waals surface area contributed by atoms with E-state index < -0.39 is 10.0 Å². The lowest BCUT2D eigenvalue weighted by Crippen LogP contribution is -2.59. The van der Waals surface area contributed by atoms with E-state index in [1.165, 1.54) is 42.8 Å². The topological polar surface area (TPSA) is 78.5 Å². The number of amides is 1. The molecule has 4 aliphatic carbocycles. The third-order valence-electron chi connectivity index (χ3n) is 7.12. The minimum Gasteiger partial charge on any atom is -0.325 e. The van der Waals surface area contributed by atoms with Crippen molar-refractivity contribution in [2.45, 2.75) is 62.8 Å². The molecular weight excluding hydrogens is 386 g/mol. The molecule has 0 spiro atoms. The van der Waals surface area contributed by atoms with Crippen LogP contribution in [0.4, 0.5) is 5.69 Å². The summed E-state index contributed by atoms with van der Waals surface area (Å²) in [6.45, 7) is 4.76. The number of benzene rings is 1. The molecule has 1 aromatic carbocycles. The predicted molar refractivity (Wildman–Crippen MR) is 114 cm³/mol. The molecule has 0 atom stereocenters. The molecule has 4 aliphatic rings. The molecule has 0 aliphatic heterocycles. The summed E-state index contributed by atoms with van der Waals surface area (Å²) in [4.78, 5) is 12.8. The second kappa shape index (κ2) is 8.00. The van der Waals surface area contributed by atoms with Crippen molar-refractivity contribution in [2.75, 3.05) is 25.0 Å². The van der Waals surface area contributed by atoms with Gasteiger partial charge in [-0.15, -0.1) is 0 Å². The standard InChI is InChI=1S/C22H33N3O3S/c1-3-25(4-2)29(27,28)20-7-5-6-19(11-20)24-21(26)15-23-22-12-16-8-17(13-22)10-18(9-16)14-22/h5-7,11,16-18,23H,3-4,8-10,12-15H2,1-2H3,(H,24,26). The molecule has 4 saturated carbocycles. The van der Waals surface area contributed by atoms with Crippen LogP contribution in [-0.2, 0) is 14.8 Å². The molecule has 2 N–H and O–H groups in total. The zero-order valence-corrected chi connectivity index (χ0v) is 18.3. The van der Waals surface area contributed by atoms with Crippen molar-refractivity contribution < 1.29 is 13.2 Å². The van der Waals surface area contributed by atoms with Crippen molar-refractivity contribution in [1.29, 1.82) is 0 Å². The number of rotatable bonds is 8. The van der Waals surface area contributed by atoms with Gasteiger partial charge in [-0.25, -0.2) is 8.42 Å². The number of nitrogens with zero attached hydrogens (tertiary/aromatic N) is 1. The van der Waals surface area contributed by atoms with Crippen molar-refractivity contribution >= 4 is 21.6 Å². The summed E-state index contributed by atoms with van der Waals surface area (Å²) in [5.41, 5.74) is 0.663. The van der Waals surface area contributed by atoms with Crippen molar-refractivity contribution in [3.05, 3.63) is 24.3 Å². The van der Waals surface area contributed by atoms with Gasteiger partial charge in [-0.05, 0) is 74.5 Å². The molecule has 4 fully saturated rings. The van der Waals surface area contributed by atoms with Gasteiger partial charge in [-0.1, -0.05) is 19.9 Å². The number of hydrogen-bond donors (Lipinski definition) is 2. The number of anilines is 1. The van der Waals surface area contributed by atoms with Crippen LogP contribution in [0.15, 0.2) is 29.2 Å². The van der Waals surface area contributed by atoms with Crippen molar-refractivity contribution in [3.8, 4) is 0 Å². The van der Waals surface area contributed by atoms with Crippen LogP contribution in [0.2, 0.25) is 0 Å². The van der Waals surface area contributed by atoms with Gasteiger partial charge < -0.3 is 10.6 Å². The first-order valence-corrected chi connectivity index (χ1v) is 12.4. The maximum absolute atomic E-state index is 12.7. The smallest absolute Gasteiger partial charge is 0.243 e. The van der Waals surface area contributed by atoms with Crippen LogP contribution in [0, 0.1) is 17.8 Å². The van der Waals surface area contributed by atoms with Gasteiger partial charge in [0.15, 0.2) is 0 Å². The van der Waals surface area contributed by atoms with Crippen LogP contribution < -0.4 is 10.6 Å². The lowest BCUT2D eigenvalue weighted by molar-refractivity contribution is -0.116. The summed E-state index contributed by atoms with van der Waals surface area (Å²) in [7, 11) is -3.54. The summed E-state index contributed by atoms with van der Waals surface area (Å²) in [5.74, 6) is 2.38. The molecule has 0 unspecified atom stereocenters. The van der Waals surface area contributed by atoms with Crippen LogP contribution >= 0.6 is 0 Å². The predicted octanol–water partition coefficient (Wildman–Crippen LogP) is 3.21. The van der Waals surface area contributed by atoms with E-state index in [2.05, 4.69) is 10.6 Å². The summed E-state index contributed by atoms with van der Waals surface area (Å²) in [6, 6.07) is 6.55. The maximum Gasteiger partial charge on any atom is 0.243 e. The van der Waals surface area contributed by atoms with Gasteiger partial charge in [-0.2, -0.15) is 4.31 Å². The quantitative estimate of drug-likeness (QED) is 0.678. The van der Waals surface area contributed by atoms with Gasteiger partial charge in [0.05, 0.1) is 11.4 Å². The molecule has 1 amide bonds. The second-order valence-corrected chi connectivity index (χ2v) is 11.2. The normalized spacial score (nSPS) is 30.7. The van der Waals surface area contributed by atoms with Gasteiger partial charge in [0.25, 0.3) is 0 Å². The van der Waals surface area contributed by atoms with E-state index in [4.69, 9.17) is 0 Å². The third kappa shape index (κ3) is 4.23. The molecule has 1 aromatic rings. The minimum atomic E-state index is -3.54. The first-order valence-electron chi connectivity index (χ1n) is 11.0. The first-order chi connectivity index (χ1) is 13.8. The highest BCUT2D eigenvalue weighted by atomic mass is 32.2. The van der Waals surface area contributed by atoms with E-state index in [-0.39, 0.29) is 22.9 Å². The van der Waals surface area contributed by atoms with Crippen LogP contribution in [-0.4, -0.2) is 43.8 Å². The monoisotopic (exact) mass is 419 g/mol. The largest absolute Gasteiger partial charge is 0.325 e. The van der Waals surface area contributed by atoms with Crippen LogP contribution in [0.5, 0.6) is 0 Å². The number of carbonyl (C=O) groups is 1. The second-order valence-electron chi connectivity index (χ2n) is 9.22. The number of hydrogen-bond acceptors (Lipinski definition) is 4. The van der Waals surface area contributed by atoms with Crippen molar-refractivity contribution in [2.24, 2.45) is 17.8 Å². The fourth-order valence-electron chi connectivity index (χ4n) is 6.25. The van der Waals surface area contributed by atoms with Crippen LogP contribution in [0.3, 0.4) is 0 Å². The first kappa shape index (κ1) is 20.8.